The second-order valence-corrected chi connectivity index (χ2v) is 4.75. The maximum Gasteiger partial charge on any atom is 0.167 e. The molecular formula is C17H20FNO. The Morgan fingerprint density at radius 3 is 2.50 bits per heavy atom. The van der Waals surface area contributed by atoms with E-state index in [0.29, 0.717) is 18.0 Å². The van der Waals surface area contributed by atoms with E-state index in [4.69, 9.17) is 4.74 Å². The number of para-hydroxylation sites is 1. The van der Waals surface area contributed by atoms with Crippen molar-refractivity contribution in [1.29, 1.82) is 0 Å². The van der Waals surface area contributed by atoms with Crippen LogP contribution in [0.3, 0.4) is 0 Å². The number of halogens is 1. The molecule has 0 bridgehead atoms. The first kappa shape index (κ1) is 14.5. The molecule has 3 heteroatoms. The van der Waals surface area contributed by atoms with Gasteiger partial charge in [-0.25, -0.2) is 4.39 Å². The smallest absolute Gasteiger partial charge is 0.167 e. The molecule has 0 saturated heterocycles. The highest BCUT2D eigenvalue weighted by atomic mass is 19.1. The molecule has 0 aromatic heterocycles. The van der Waals surface area contributed by atoms with Crippen molar-refractivity contribution in [2.45, 2.75) is 26.3 Å². The Morgan fingerprint density at radius 1 is 1.10 bits per heavy atom. The molecule has 0 fully saturated rings. The molecule has 0 heterocycles. The number of hydrogen-bond acceptors (Lipinski definition) is 2. The van der Waals surface area contributed by atoms with Crippen LogP contribution in [-0.4, -0.2) is 7.05 Å². The SMILES string of the molecule is CCCc1ccc(Oc2c(F)cccc2CNC)cc1. The number of benzene rings is 2. The first-order valence-corrected chi connectivity index (χ1v) is 6.93. The van der Waals surface area contributed by atoms with Gasteiger partial charge in [0.15, 0.2) is 11.6 Å². The van der Waals surface area contributed by atoms with E-state index in [9.17, 15) is 4.39 Å². The minimum Gasteiger partial charge on any atom is -0.454 e. The number of rotatable bonds is 6. The third-order valence-electron chi connectivity index (χ3n) is 3.10. The van der Waals surface area contributed by atoms with Gasteiger partial charge in [-0.15, -0.1) is 0 Å². The molecule has 0 spiro atoms. The molecule has 0 atom stereocenters. The van der Waals surface area contributed by atoms with Gasteiger partial charge in [-0.3, -0.25) is 0 Å². The summed E-state index contributed by atoms with van der Waals surface area (Å²) in [4.78, 5) is 0. The molecule has 0 unspecified atom stereocenters. The van der Waals surface area contributed by atoms with Crippen LogP contribution in [0.15, 0.2) is 42.5 Å². The van der Waals surface area contributed by atoms with E-state index in [0.717, 1.165) is 18.4 Å². The summed E-state index contributed by atoms with van der Waals surface area (Å²) in [5.74, 6) is 0.618. The van der Waals surface area contributed by atoms with Crippen LogP contribution in [0.5, 0.6) is 11.5 Å². The van der Waals surface area contributed by atoms with E-state index in [2.05, 4.69) is 12.2 Å². The molecule has 0 saturated carbocycles. The second kappa shape index (κ2) is 7.06. The van der Waals surface area contributed by atoms with Gasteiger partial charge in [0.2, 0.25) is 0 Å². The Kier molecular flexibility index (Phi) is 5.13. The van der Waals surface area contributed by atoms with Gasteiger partial charge in [0.25, 0.3) is 0 Å². The summed E-state index contributed by atoms with van der Waals surface area (Å²) in [5, 5.41) is 3.02. The first-order valence-electron chi connectivity index (χ1n) is 6.93. The van der Waals surface area contributed by atoms with Crippen molar-refractivity contribution < 1.29 is 9.13 Å². The Morgan fingerprint density at radius 2 is 1.85 bits per heavy atom. The molecule has 2 rings (SSSR count). The molecule has 2 nitrogen and oxygen atoms in total. The predicted molar refractivity (Wildman–Crippen MR) is 79.7 cm³/mol. The van der Waals surface area contributed by atoms with Crippen LogP contribution in [0.1, 0.15) is 24.5 Å². The molecule has 0 amide bonds. The van der Waals surface area contributed by atoms with Gasteiger partial charge in [-0.05, 0) is 37.2 Å². The van der Waals surface area contributed by atoms with Crippen LogP contribution in [0.2, 0.25) is 0 Å². The monoisotopic (exact) mass is 273 g/mol. The summed E-state index contributed by atoms with van der Waals surface area (Å²) < 4.78 is 19.6. The fourth-order valence-electron chi connectivity index (χ4n) is 2.13. The minimum absolute atomic E-state index is 0.296. The lowest BCUT2D eigenvalue weighted by Gasteiger charge is -2.12. The van der Waals surface area contributed by atoms with E-state index < -0.39 is 0 Å². The maximum absolute atomic E-state index is 13.9. The fraction of sp³-hybridized carbons (Fsp3) is 0.294. The number of hydrogen-bond donors (Lipinski definition) is 1. The van der Waals surface area contributed by atoms with Crippen LogP contribution in [0.25, 0.3) is 0 Å². The zero-order chi connectivity index (χ0) is 14.4. The van der Waals surface area contributed by atoms with E-state index in [1.54, 1.807) is 6.07 Å². The summed E-state index contributed by atoms with van der Waals surface area (Å²) in [6.45, 7) is 2.72. The third kappa shape index (κ3) is 3.58. The summed E-state index contributed by atoms with van der Waals surface area (Å²) in [5.41, 5.74) is 2.08. The van der Waals surface area contributed by atoms with Gasteiger partial charge in [-0.1, -0.05) is 37.6 Å². The lowest BCUT2D eigenvalue weighted by molar-refractivity contribution is 0.434. The summed E-state index contributed by atoms with van der Waals surface area (Å²) in [7, 11) is 1.83. The summed E-state index contributed by atoms with van der Waals surface area (Å²) >= 11 is 0. The quantitative estimate of drug-likeness (QED) is 0.847. The molecular weight excluding hydrogens is 253 g/mol. The van der Waals surface area contributed by atoms with Crippen molar-refractivity contribution in [3.63, 3.8) is 0 Å². The molecule has 0 aliphatic rings. The molecule has 1 N–H and O–H groups in total. The van der Waals surface area contributed by atoms with Gasteiger partial charge >= 0.3 is 0 Å². The Hall–Kier alpha value is -1.87. The number of ether oxygens (including phenoxy) is 1. The van der Waals surface area contributed by atoms with Crippen molar-refractivity contribution in [2.24, 2.45) is 0 Å². The lowest BCUT2D eigenvalue weighted by atomic mass is 10.1. The lowest BCUT2D eigenvalue weighted by Crippen LogP contribution is -2.07. The Bertz CT molecular complexity index is 551. The van der Waals surface area contributed by atoms with Crippen LogP contribution in [-0.2, 0) is 13.0 Å². The average molecular weight is 273 g/mol. The molecule has 0 aliphatic carbocycles. The molecule has 0 radical (unpaired) electrons. The van der Waals surface area contributed by atoms with Gasteiger partial charge in [-0.2, -0.15) is 0 Å². The highest BCUT2D eigenvalue weighted by Gasteiger charge is 2.10. The van der Waals surface area contributed by atoms with Gasteiger partial charge in [0, 0.05) is 12.1 Å². The summed E-state index contributed by atoms with van der Waals surface area (Å²) in [6.07, 6.45) is 2.16. The van der Waals surface area contributed by atoms with Crippen molar-refractivity contribution in [1.82, 2.24) is 5.32 Å². The van der Waals surface area contributed by atoms with Crippen molar-refractivity contribution in [3.8, 4) is 11.5 Å². The molecule has 0 aliphatic heterocycles. The normalized spacial score (nSPS) is 10.6. The van der Waals surface area contributed by atoms with E-state index >= 15 is 0 Å². The average Bonchev–Trinajstić information content (AvgIpc) is 2.45. The minimum atomic E-state index is -0.338. The fourth-order valence-corrected chi connectivity index (χ4v) is 2.13. The summed E-state index contributed by atoms with van der Waals surface area (Å²) in [6, 6.07) is 12.8. The maximum atomic E-state index is 13.9. The molecule has 2 aromatic carbocycles. The topological polar surface area (TPSA) is 21.3 Å². The standard InChI is InChI=1S/C17H20FNO/c1-3-5-13-8-10-15(11-9-13)20-17-14(12-19-2)6-4-7-16(17)18/h4,6-11,19H,3,5,12H2,1-2H3. The van der Waals surface area contributed by atoms with Crippen LogP contribution < -0.4 is 10.1 Å². The van der Waals surface area contributed by atoms with Crippen LogP contribution >= 0.6 is 0 Å². The van der Waals surface area contributed by atoms with E-state index in [1.165, 1.54) is 11.6 Å². The third-order valence-corrected chi connectivity index (χ3v) is 3.10. The van der Waals surface area contributed by atoms with Crippen molar-refractivity contribution in [3.05, 3.63) is 59.4 Å². The largest absolute Gasteiger partial charge is 0.454 e. The zero-order valence-electron chi connectivity index (χ0n) is 11.9. The van der Waals surface area contributed by atoms with Gasteiger partial charge in [0.1, 0.15) is 5.75 Å². The van der Waals surface area contributed by atoms with Gasteiger partial charge in [0.05, 0.1) is 0 Å². The second-order valence-electron chi connectivity index (χ2n) is 4.75. The predicted octanol–water partition coefficient (Wildman–Crippen LogP) is 4.29. The number of nitrogens with one attached hydrogen (secondary N) is 1. The highest BCUT2D eigenvalue weighted by Crippen LogP contribution is 2.28. The van der Waals surface area contributed by atoms with E-state index in [1.807, 2.05) is 37.4 Å². The van der Waals surface area contributed by atoms with Crippen molar-refractivity contribution in [2.75, 3.05) is 7.05 Å². The highest BCUT2D eigenvalue weighted by molar-refractivity contribution is 5.39. The van der Waals surface area contributed by atoms with E-state index in [-0.39, 0.29) is 5.82 Å². The van der Waals surface area contributed by atoms with Gasteiger partial charge < -0.3 is 10.1 Å². The van der Waals surface area contributed by atoms with Crippen LogP contribution in [0, 0.1) is 5.82 Å². The first-order chi connectivity index (χ1) is 9.74. The molecule has 20 heavy (non-hydrogen) atoms. The van der Waals surface area contributed by atoms with Crippen molar-refractivity contribution >= 4 is 0 Å². The number of aryl methyl sites for hydroxylation is 1. The Labute approximate surface area is 119 Å². The Balaban J connectivity index is 2.20. The zero-order valence-corrected chi connectivity index (χ0v) is 11.9. The molecule has 106 valence electrons. The molecule has 2 aromatic rings. The van der Waals surface area contributed by atoms with Crippen LogP contribution in [0.4, 0.5) is 4.39 Å².